The zero-order valence-electron chi connectivity index (χ0n) is 14.7. The zero-order valence-corrected chi connectivity index (χ0v) is 16.3. The fourth-order valence-electron chi connectivity index (χ4n) is 2.19. The second-order valence-electron chi connectivity index (χ2n) is 5.69. The van der Waals surface area contributed by atoms with E-state index < -0.39 is 0 Å². The Bertz CT molecular complexity index is 731. The normalized spacial score (nSPS) is 10.2. The highest BCUT2D eigenvalue weighted by atomic mass is 79.9. The van der Waals surface area contributed by atoms with Gasteiger partial charge >= 0.3 is 5.97 Å². The summed E-state index contributed by atoms with van der Waals surface area (Å²) in [5.41, 5.74) is 1.05. The lowest BCUT2D eigenvalue weighted by atomic mass is 10.2. The number of hydrogen-bond donors (Lipinski definition) is 1. The van der Waals surface area contributed by atoms with Crippen LogP contribution in [0.1, 0.15) is 36.5 Å². The topological polar surface area (TPSA) is 64.6 Å². The molecule has 26 heavy (non-hydrogen) atoms. The van der Waals surface area contributed by atoms with Crippen LogP contribution in [0.15, 0.2) is 53.0 Å². The van der Waals surface area contributed by atoms with Crippen molar-refractivity contribution in [3.8, 4) is 5.75 Å². The van der Waals surface area contributed by atoms with Crippen molar-refractivity contribution in [2.24, 2.45) is 0 Å². The van der Waals surface area contributed by atoms with Crippen molar-refractivity contribution in [2.75, 3.05) is 18.5 Å². The lowest BCUT2D eigenvalue weighted by Crippen LogP contribution is -2.20. The molecule has 0 heterocycles. The lowest BCUT2D eigenvalue weighted by molar-refractivity contribution is -0.118. The molecular formula is C20H22BrNO4. The van der Waals surface area contributed by atoms with Gasteiger partial charge in [-0.3, -0.25) is 4.79 Å². The number of para-hydroxylation sites is 1. The number of carbonyl (C=O) groups excluding carboxylic acids is 2. The fraction of sp³-hybridized carbons (Fsp3) is 0.300. The third-order valence-corrected chi connectivity index (χ3v) is 4.24. The van der Waals surface area contributed by atoms with Gasteiger partial charge in [-0.05, 0) is 58.7 Å². The molecule has 1 N–H and O–H groups in total. The molecule has 5 nitrogen and oxygen atoms in total. The Morgan fingerprint density at radius 1 is 1.04 bits per heavy atom. The van der Waals surface area contributed by atoms with E-state index in [-0.39, 0.29) is 18.5 Å². The summed E-state index contributed by atoms with van der Waals surface area (Å²) in [6.45, 7) is 2.42. The van der Waals surface area contributed by atoms with Gasteiger partial charge in [-0.15, -0.1) is 0 Å². The van der Waals surface area contributed by atoms with E-state index in [2.05, 4.69) is 28.2 Å². The van der Waals surface area contributed by atoms with Crippen molar-refractivity contribution in [3.05, 3.63) is 58.6 Å². The molecular weight excluding hydrogens is 398 g/mol. The minimum absolute atomic E-state index is 0.107. The molecule has 0 aliphatic heterocycles. The van der Waals surface area contributed by atoms with Gasteiger partial charge in [-0.25, -0.2) is 4.79 Å². The summed E-state index contributed by atoms with van der Waals surface area (Å²) in [6.07, 6.45) is 2.99. The molecule has 0 atom stereocenters. The maximum atomic E-state index is 12.0. The molecule has 1 amide bonds. The van der Waals surface area contributed by atoms with Crippen LogP contribution < -0.4 is 10.1 Å². The molecule has 0 aromatic heterocycles. The Morgan fingerprint density at radius 3 is 2.46 bits per heavy atom. The van der Waals surface area contributed by atoms with Crippen LogP contribution in [0, 0.1) is 0 Å². The van der Waals surface area contributed by atoms with Gasteiger partial charge in [0.05, 0.1) is 16.6 Å². The summed E-state index contributed by atoms with van der Waals surface area (Å²) in [4.78, 5) is 23.9. The van der Waals surface area contributed by atoms with E-state index in [1.807, 2.05) is 18.2 Å². The molecule has 0 saturated carbocycles. The van der Waals surface area contributed by atoms with E-state index in [9.17, 15) is 9.59 Å². The number of halogens is 1. The van der Waals surface area contributed by atoms with Crippen molar-refractivity contribution < 1.29 is 19.1 Å². The van der Waals surface area contributed by atoms with Crippen LogP contribution in [-0.4, -0.2) is 25.1 Å². The molecule has 0 aliphatic carbocycles. The number of esters is 1. The molecule has 2 rings (SSSR count). The van der Waals surface area contributed by atoms with E-state index in [1.54, 1.807) is 30.3 Å². The van der Waals surface area contributed by atoms with Gasteiger partial charge in [0.15, 0.2) is 6.61 Å². The maximum Gasteiger partial charge on any atom is 0.338 e. The first-order chi connectivity index (χ1) is 12.6. The molecule has 2 aromatic carbocycles. The van der Waals surface area contributed by atoms with Crippen molar-refractivity contribution in [2.45, 2.75) is 26.2 Å². The SMILES string of the molecule is CCCCCOC(=O)c1ccc(NC(=O)COc2ccccc2Br)cc1. The number of amides is 1. The Balaban J connectivity index is 1.80. The molecule has 2 aromatic rings. The first-order valence-electron chi connectivity index (χ1n) is 8.54. The highest BCUT2D eigenvalue weighted by molar-refractivity contribution is 9.10. The Labute approximate surface area is 161 Å². The minimum Gasteiger partial charge on any atom is -0.483 e. The summed E-state index contributed by atoms with van der Waals surface area (Å²) in [5.74, 6) is -0.0318. The van der Waals surface area contributed by atoms with Gasteiger partial charge in [-0.1, -0.05) is 31.9 Å². The summed E-state index contributed by atoms with van der Waals surface area (Å²) in [7, 11) is 0. The van der Waals surface area contributed by atoms with Crippen LogP contribution in [0.25, 0.3) is 0 Å². The molecule has 6 heteroatoms. The highest BCUT2D eigenvalue weighted by Gasteiger charge is 2.09. The highest BCUT2D eigenvalue weighted by Crippen LogP contribution is 2.23. The second-order valence-corrected chi connectivity index (χ2v) is 6.54. The van der Waals surface area contributed by atoms with Crippen molar-refractivity contribution in [1.29, 1.82) is 0 Å². The largest absolute Gasteiger partial charge is 0.483 e. The fourth-order valence-corrected chi connectivity index (χ4v) is 2.59. The van der Waals surface area contributed by atoms with Crippen LogP contribution in [-0.2, 0) is 9.53 Å². The van der Waals surface area contributed by atoms with E-state index in [4.69, 9.17) is 9.47 Å². The van der Waals surface area contributed by atoms with Gasteiger partial charge < -0.3 is 14.8 Å². The second kappa shape index (κ2) is 10.6. The first kappa shape index (κ1) is 20.0. The predicted octanol–water partition coefficient (Wildman–Crippen LogP) is 4.81. The molecule has 0 unspecified atom stereocenters. The third-order valence-electron chi connectivity index (χ3n) is 3.58. The van der Waals surface area contributed by atoms with E-state index in [1.165, 1.54) is 0 Å². The summed E-state index contributed by atoms with van der Waals surface area (Å²) in [5, 5.41) is 2.73. The molecule has 0 bridgehead atoms. The number of anilines is 1. The Kier molecular flexibility index (Phi) is 8.15. The first-order valence-corrected chi connectivity index (χ1v) is 9.34. The lowest BCUT2D eigenvalue weighted by Gasteiger charge is -2.09. The van der Waals surface area contributed by atoms with Gasteiger partial charge in [-0.2, -0.15) is 0 Å². The standard InChI is InChI=1S/C20H22BrNO4/c1-2-3-6-13-25-20(24)15-9-11-16(12-10-15)22-19(23)14-26-18-8-5-4-7-17(18)21/h4-5,7-12H,2-3,6,13-14H2,1H3,(H,22,23). The summed E-state index contributed by atoms with van der Waals surface area (Å²) in [6, 6.07) is 13.9. The van der Waals surface area contributed by atoms with Crippen LogP contribution >= 0.6 is 15.9 Å². The number of benzene rings is 2. The van der Waals surface area contributed by atoms with E-state index in [0.29, 0.717) is 23.6 Å². The van der Waals surface area contributed by atoms with Gasteiger partial charge in [0, 0.05) is 5.69 Å². The van der Waals surface area contributed by atoms with Gasteiger partial charge in [0.2, 0.25) is 0 Å². The third kappa shape index (κ3) is 6.52. The molecule has 0 radical (unpaired) electrons. The van der Waals surface area contributed by atoms with E-state index in [0.717, 1.165) is 23.7 Å². The van der Waals surface area contributed by atoms with Gasteiger partial charge in [0.25, 0.3) is 5.91 Å². The number of hydrogen-bond acceptors (Lipinski definition) is 4. The zero-order chi connectivity index (χ0) is 18.8. The quantitative estimate of drug-likeness (QED) is 0.467. The number of carbonyl (C=O) groups is 2. The Hall–Kier alpha value is -2.34. The number of nitrogens with one attached hydrogen (secondary N) is 1. The van der Waals surface area contributed by atoms with E-state index >= 15 is 0 Å². The van der Waals surface area contributed by atoms with Crippen molar-refractivity contribution >= 4 is 33.5 Å². The number of rotatable bonds is 9. The molecule has 138 valence electrons. The minimum atomic E-state index is -0.351. The van der Waals surface area contributed by atoms with Crippen molar-refractivity contribution in [3.63, 3.8) is 0 Å². The molecule has 0 fully saturated rings. The molecule has 0 saturated heterocycles. The number of ether oxygens (including phenoxy) is 2. The van der Waals surface area contributed by atoms with Crippen LogP contribution in [0.4, 0.5) is 5.69 Å². The molecule has 0 spiro atoms. The summed E-state index contributed by atoms with van der Waals surface area (Å²) < 4.78 is 11.4. The smallest absolute Gasteiger partial charge is 0.338 e. The van der Waals surface area contributed by atoms with Gasteiger partial charge in [0.1, 0.15) is 5.75 Å². The summed E-state index contributed by atoms with van der Waals surface area (Å²) >= 11 is 3.36. The van der Waals surface area contributed by atoms with Crippen LogP contribution in [0.5, 0.6) is 5.75 Å². The average Bonchev–Trinajstić information content (AvgIpc) is 2.65. The van der Waals surface area contributed by atoms with Crippen LogP contribution in [0.2, 0.25) is 0 Å². The number of unbranched alkanes of at least 4 members (excludes halogenated alkanes) is 2. The Morgan fingerprint density at radius 2 is 1.77 bits per heavy atom. The predicted molar refractivity (Wildman–Crippen MR) is 105 cm³/mol. The monoisotopic (exact) mass is 419 g/mol. The van der Waals surface area contributed by atoms with Crippen LogP contribution in [0.3, 0.4) is 0 Å². The maximum absolute atomic E-state index is 12.0. The average molecular weight is 420 g/mol. The molecule has 0 aliphatic rings. The van der Waals surface area contributed by atoms with Crippen molar-refractivity contribution in [1.82, 2.24) is 0 Å².